The van der Waals surface area contributed by atoms with E-state index in [0.29, 0.717) is 31.9 Å². The Kier molecular flexibility index (Phi) is 3.57. The molecule has 1 heterocycles. The molecular formula is C12H14N2O4. The highest BCUT2D eigenvalue weighted by Gasteiger charge is 2.27. The van der Waals surface area contributed by atoms with Crippen LogP contribution in [-0.4, -0.2) is 42.0 Å². The Bertz CT molecular complexity index is 481. The van der Waals surface area contributed by atoms with Crippen molar-refractivity contribution in [3.05, 3.63) is 39.4 Å². The minimum absolute atomic E-state index is 0.103. The maximum Gasteiger partial charge on any atom is 0.285 e. The smallest absolute Gasteiger partial charge is 0.285 e. The van der Waals surface area contributed by atoms with Crippen LogP contribution in [0.4, 0.5) is 5.69 Å². The van der Waals surface area contributed by atoms with Gasteiger partial charge >= 0.3 is 0 Å². The molecule has 0 saturated carbocycles. The van der Waals surface area contributed by atoms with Crippen LogP contribution in [0.3, 0.4) is 0 Å². The Labute approximate surface area is 104 Å². The molecule has 1 fully saturated rings. The summed E-state index contributed by atoms with van der Waals surface area (Å²) in [6.45, 7) is 3.54. The van der Waals surface area contributed by atoms with Gasteiger partial charge in [-0.3, -0.25) is 14.9 Å². The van der Waals surface area contributed by atoms with Crippen LogP contribution in [0.2, 0.25) is 0 Å². The number of amides is 1. The third-order valence-electron chi connectivity index (χ3n) is 2.95. The van der Waals surface area contributed by atoms with Crippen molar-refractivity contribution >= 4 is 11.6 Å². The number of nitro groups is 1. The van der Waals surface area contributed by atoms with Gasteiger partial charge in [-0.2, -0.15) is 0 Å². The summed E-state index contributed by atoms with van der Waals surface area (Å²) in [6.07, 6.45) is 0. The lowest BCUT2D eigenvalue weighted by molar-refractivity contribution is -0.385. The second-order valence-corrected chi connectivity index (χ2v) is 4.13. The van der Waals surface area contributed by atoms with Crippen molar-refractivity contribution in [3.8, 4) is 0 Å². The summed E-state index contributed by atoms with van der Waals surface area (Å²) in [7, 11) is 0. The van der Waals surface area contributed by atoms with Crippen LogP contribution < -0.4 is 0 Å². The van der Waals surface area contributed by atoms with Gasteiger partial charge in [0.05, 0.1) is 18.1 Å². The van der Waals surface area contributed by atoms with E-state index in [-0.39, 0.29) is 17.2 Å². The van der Waals surface area contributed by atoms with E-state index in [2.05, 4.69) is 0 Å². The fraction of sp³-hybridized carbons (Fsp3) is 0.417. The van der Waals surface area contributed by atoms with Gasteiger partial charge in [0.2, 0.25) is 0 Å². The molecule has 0 bridgehead atoms. The zero-order valence-electron chi connectivity index (χ0n) is 10.1. The molecule has 96 valence electrons. The lowest BCUT2D eigenvalue weighted by Gasteiger charge is -2.26. The van der Waals surface area contributed by atoms with Gasteiger partial charge in [-0.1, -0.05) is 12.1 Å². The van der Waals surface area contributed by atoms with E-state index in [1.54, 1.807) is 24.0 Å². The molecule has 1 aromatic carbocycles. The first kappa shape index (κ1) is 12.5. The van der Waals surface area contributed by atoms with Crippen LogP contribution in [0.25, 0.3) is 0 Å². The highest BCUT2D eigenvalue weighted by molar-refractivity contribution is 5.98. The Morgan fingerprint density at radius 3 is 2.67 bits per heavy atom. The summed E-state index contributed by atoms with van der Waals surface area (Å²) in [5.74, 6) is -0.297. The van der Waals surface area contributed by atoms with Gasteiger partial charge in [-0.25, -0.2) is 0 Å². The molecule has 0 aliphatic carbocycles. The van der Waals surface area contributed by atoms with Crippen molar-refractivity contribution in [2.75, 3.05) is 26.3 Å². The zero-order chi connectivity index (χ0) is 13.1. The molecule has 0 atom stereocenters. The zero-order valence-corrected chi connectivity index (χ0v) is 10.1. The normalized spacial score (nSPS) is 15.5. The van der Waals surface area contributed by atoms with Crippen LogP contribution in [0.1, 0.15) is 15.9 Å². The summed E-state index contributed by atoms with van der Waals surface area (Å²) in [4.78, 5) is 24.4. The lowest BCUT2D eigenvalue weighted by Crippen LogP contribution is -2.40. The lowest BCUT2D eigenvalue weighted by atomic mass is 10.1. The standard InChI is InChI=1S/C12H14N2O4/c1-9-3-2-4-10(11(9)14(16)17)12(15)13-5-7-18-8-6-13/h2-4H,5-8H2,1H3. The summed E-state index contributed by atoms with van der Waals surface area (Å²) in [6, 6.07) is 4.80. The van der Waals surface area contributed by atoms with E-state index >= 15 is 0 Å². The second-order valence-electron chi connectivity index (χ2n) is 4.13. The number of hydrogen-bond donors (Lipinski definition) is 0. The van der Waals surface area contributed by atoms with Gasteiger partial charge in [-0.15, -0.1) is 0 Å². The van der Waals surface area contributed by atoms with Gasteiger partial charge in [0.1, 0.15) is 5.56 Å². The summed E-state index contributed by atoms with van der Waals surface area (Å²) >= 11 is 0. The third kappa shape index (κ3) is 2.33. The molecule has 0 aromatic heterocycles. The number of benzene rings is 1. The monoisotopic (exact) mass is 250 g/mol. The number of carbonyl (C=O) groups excluding carboxylic acids is 1. The molecule has 2 rings (SSSR count). The minimum atomic E-state index is -0.497. The largest absolute Gasteiger partial charge is 0.378 e. The molecule has 0 N–H and O–H groups in total. The minimum Gasteiger partial charge on any atom is -0.378 e. The van der Waals surface area contributed by atoms with E-state index in [1.165, 1.54) is 6.07 Å². The van der Waals surface area contributed by atoms with Crippen LogP contribution >= 0.6 is 0 Å². The number of carbonyl (C=O) groups is 1. The van der Waals surface area contributed by atoms with E-state index in [9.17, 15) is 14.9 Å². The molecule has 1 aliphatic rings. The number of para-hydroxylation sites is 1. The summed E-state index contributed by atoms with van der Waals surface area (Å²) < 4.78 is 5.16. The average molecular weight is 250 g/mol. The van der Waals surface area contributed by atoms with Gasteiger partial charge in [-0.05, 0) is 13.0 Å². The van der Waals surface area contributed by atoms with Gasteiger partial charge in [0, 0.05) is 18.7 Å². The fourth-order valence-electron chi connectivity index (χ4n) is 2.01. The number of hydrogen-bond acceptors (Lipinski definition) is 4. The van der Waals surface area contributed by atoms with Crippen molar-refractivity contribution in [2.45, 2.75) is 6.92 Å². The molecular weight excluding hydrogens is 236 g/mol. The number of nitro benzene ring substituents is 1. The molecule has 0 spiro atoms. The Morgan fingerprint density at radius 1 is 1.39 bits per heavy atom. The molecule has 1 saturated heterocycles. The Hall–Kier alpha value is -1.95. The van der Waals surface area contributed by atoms with E-state index in [4.69, 9.17) is 4.74 Å². The number of morpholine rings is 1. The predicted molar refractivity (Wildman–Crippen MR) is 64.6 cm³/mol. The van der Waals surface area contributed by atoms with Crippen molar-refractivity contribution < 1.29 is 14.5 Å². The van der Waals surface area contributed by atoms with E-state index in [0.717, 1.165) is 0 Å². The molecule has 1 aromatic rings. The summed E-state index contributed by atoms with van der Waals surface area (Å²) in [5, 5.41) is 11.0. The number of aryl methyl sites for hydroxylation is 1. The number of nitrogens with zero attached hydrogens (tertiary/aromatic N) is 2. The topological polar surface area (TPSA) is 72.7 Å². The quantitative estimate of drug-likeness (QED) is 0.587. The Morgan fingerprint density at radius 2 is 2.06 bits per heavy atom. The predicted octanol–water partition coefficient (Wildman–Crippen LogP) is 1.38. The van der Waals surface area contributed by atoms with Gasteiger partial charge in [0.25, 0.3) is 11.6 Å². The van der Waals surface area contributed by atoms with E-state index < -0.39 is 4.92 Å². The second kappa shape index (κ2) is 5.14. The third-order valence-corrected chi connectivity index (χ3v) is 2.95. The molecule has 0 radical (unpaired) electrons. The molecule has 6 nitrogen and oxygen atoms in total. The first-order chi connectivity index (χ1) is 8.61. The molecule has 0 unspecified atom stereocenters. The number of rotatable bonds is 2. The van der Waals surface area contributed by atoms with E-state index in [1.807, 2.05) is 0 Å². The molecule has 1 amide bonds. The first-order valence-electron chi connectivity index (χ1n) is 5.72. The molecule has 1 aliphatic heterocycles. The van der Waals surface area contributed by atoms with Gasteiger partial charge < -0.3 is 9.64 Å². The maximum atomic E-state index is 12.2. The number of ether oxygens (including phenoxy) is 1. The highest BCUT2D eigenvalue weighted by Crippen LogP contribution is 2.24. The highest BCUT2D eigenvalue weighted by atomic mass is 16.6. The molecule has 18 heavy (non-hydrogen) atoms. The van der Waals surface area contributed by atoms with Crippen LogP contribution in [0.5, 0.6) is 0 Å². The van der Waals surface area contributed by atoms with Crippen LogP contribution in [0.15, 0.2) is 18.2 Å². The average Bonchev–Trinajstić information content (AvgIpc) is 2.38. The van der Waals surface area contributed by atoms with Crippen LogP contribution in [0, 0.1) is 17.0 Å². The Balaban J connectivity index is 2.35. The van der Waals surface area contributed by atoms with Crippen LogP contribution in [-0.2, 0) is 4.74 Å². The molecule has 6 heteroatoms. The van der Waals surface area contributed by atoms with Gasteiger partial charge in [0.15, 0.2) is 0 Å². The van der Waals surface area contributed by atoms with Crippen molar-refractivity contribution in [3.63, 3.8) is 0 Å². The van der Waals surface area contributed by atoms with Crippen molar-refractivity contribution in [1.29, 1.82) is 0 Å². The SMILES string of the molecule is Cc1cccc(C(=O)N2CCOCC2)c1[N+](=O)[O-]. The van der Waals surface area contributed by atoms with Crippen molar-refractivity contribution in [2.24, 2.45) is 0 Å². The summed E-state index contributed by atoms with van der Waals surface area (Å²) in [5.41, 5.74) is 0.551. The maximum absolute atomic E-state index is 12.2. The van der Waals surface area contributed by atoms with Crippen molar-refractivity contribution in [1.82, 2.24) is 4.90 Å². The first-order valence-corrected chi connectivity index (χ1v) is 5.72. The fourth-order valence-corrected chi connectivity index (χ4v) is 2.01.